The lowest BCUT2D eigenvalue weighted by molar-refractivity contribution is 0.197. The van der Waals surface area contributed by atoms with Crippen LogP contribution in [0.5, 0.6) is 17.2 Å². The summed E-state index contributed by atoms with van der Waals surface area (Å²) in [5, 5.41) is 22.7. The van der Waals surface area contributed by atoms with E-state index in [1.807, 2.05) is 41.3 Å². The van der Waals surface area contributed by atoms with Crippen molar-refractivity contribution in [3.05, 3.63) is 83.4 Å². The fourth-order valence-electron chi connectivity index (χ4n) is 5.26. The Labute approximate surface area is 217 Å². The number of ether oxygens (including phenoxy) is 1. The fraction of sp³-hybridized carbons (Fsp3) is 0.300. The van der Waals surface area contributed by atoms with E-state index in [4.69, 9.17) is 4.74 Å². The lowest BCUT2D eigenvalue weighted by atomic mass is 9.91. The molecule has 2 aliphatic heterocycles. The molecule has 2 amide bonds. The number of fused-ring (bicyclic) bond motifs is 1. The monoisotopic (exact) mass is 497 g/mol. The number of hydrogen-bond acceptors (Lipinski definition) is 5. The second-order valence-electron chi connectivity index (χ2n) is 9.50. The maximum absolute atomic E-state index is 13.1. The molecule has 0 spiro atoms. The minimum absolute atomic E-state index is 0.0708. The summed E-state index contributed by atoms with van der Waals surface area (Å²) >= 11 is 0. The van der Waals surface area contributed by atoms with Gasteiger partial charge in [0.15, 0.2) is 11.5 Å². The van der Waals surface area contributed by atoms with Gasteiger partial charge >= 0.3 is 6.03 Å². The normalized spacial score (nSPS) is 19.3. The van der Waals surface area contributed by atoms with Gasteiger partial charge in [0, 0.05) is 42.8 Å². The molecule has 190 valence electrons. The summed E-state index contributed by atoms with van der Waals surface area (Å²) in [6.45, 7) is 3.44. The summed E-state index contributed by atoms with van der Waals surface area (Å²) in [7, 11) is 1.62. The molecule has 0 bridgehead atoms. The number of nitrogens with one attached hydrogen (secondary N) is 1. The van der Waals surface area contributed by atoms with E-state index in [1.165, 1.54) is 11.6 Å². The molecule has 3 N–H and O–H groups in total. The Balaban J connectivity index is 1.27. The largest absolute Gasteiger partial charge is 0.504 e. The van der Waals surface area contributed by atoms with Crippen LogP contribution in [0.25, 0.3) is 0 Å². The molecule has 0 aromatic heterocycles. The summed E-state index contributed by atoms with van der Waals surface area (Å²) in [5.74, 6) is 6.71. The Morgan fingerprint density at radius 2 is 1.76 bits per heavy atom. The standard InChI is InChI=1S/C30H31N3O4/c1-37-25-14-12-24(13-15-25)31-30(36)33-18-3-17-32-19-16-26(27(32)20-33)22-9-6-21(7-10-22)8-11-23-4-2-5-28(34)29(23)35/h2,4-7,9-10,12-15,26-27,34-35H,3,16-20H2,1H3,(H,31,36)/t26-,27+/m1/s1. The van der Waals surface area contributed by atoms with E-state index in [2.05, 4.69) is 34.2 Å². The van der Waals surface area contributed by atoms with Crippen LogP contribution in [0.2, 0.25) is 0 Å². The summed E-state index contributed by atoms with van der Waals surface area (Å²) < 4.78 is 5.20. The third-order valence-corrected chi connectivity index (χ3v) is 7.27. The zero-order valence-electron chi connectivity index (χ0n) is 20.9. The molecule has 2 saturated heterocycles. The summed E-state index contributed by atoms with van der Waals surface area (Å²) in [6, 6.07) is 20.6. The van der Waals surface area contributed by atoms with Crippen LogP contribution >= 0.6 is 0 Å². The van der Waals surface area contributed by atoms with Crippen LogP contribution in [0.4, 0.5) is 10.5 Å². The molecule has 37 heavy (non-hydrogen) atoms. The first-order valence-corrected chi connectivity index (χ1v) is 12.6. The third-order valence-electron chi connectivity index (χ3n) is 7.27. The van der Waals surface area contributed by atoms with Crippen molar-refractivity contribution in [1.82, 2.24) is 9.80 Å². The molecule has 7 heteroatoms. The average Bonchev–Trinajstić information content (AvgIpc) is 3.19. The van der Waals surface area contributed by atoms with Crippen molar-refractivity contribution in [3.8, 4) is 29.1 Å². The molecule has 2 atom stereocenters. The first-order valence-electron chi connectivity index (χ1n) is 12.6. The van der Waals surface area contributed by atoms with Gasteiger partial charge in [-0.2, -0.15) is 0 Å². The number of amides is 2. The Morgan fingerprint density at radius 3 is 2.51 bits per heavy atom. The van der Waals surface area contributed by atoms with Crippen LogP contribution in [0.3, 0.4) is 0 Å². The maximum Gasteiger partial charge on any atom is 0.321 e. The first-order chi connectivity index (χ1) is 18.0. The van der Waals surface area contributed by atoms with Crippen molar-refractivity contribution in [3.63, 3.8) is 0 Å². The predicted octanol–water partition coefficient (Wildman–Crippen LogP) is 4.60. The molecule has 5 rings (SSSR count). The molecule has 0 saturated carbocycles. The number of urea groups is 1. The van der Waals surface area contributed by atoms with Gasteiger partial charge in [-0.15, -0.1) is 0 Å². The quantitative estimate of drug-likeness (QED) is 0.364. The van der Waals surface area contributed by atoms with E-state index >= 15 is 0 Å². The molecule has 7 nitrogen and oxygen atoms in total. The predicted molar refractivity (Wildman–Crippen MR) is 143 cm³/mol. The van der Waals surface area contributed by atoms with Gasteiger partial charge in [-0.1, -0.05) is 30.0 Å². The molecular formula is C30H31N3O4. The van der Waals surface area contributed by atoms with Crippen molar-refractivity contribution in [1.29, 1.82) is 0 Å². The Hall–Kier alpha value is -4.15. The zero-order chi connectivity index (χ0) is 25.8. The van der Waals surface area contributed by atoms with Crippen LogP contribution in [-0.4, -0.2) is 65.4 Å². The van der Waals surface area contributed by atoms with Gasteiger partial charge in [0.2, 0.25) is 0 Å². The zero-order valence-corrected chi connectivity index (χ0v) is 20.9. The van der Waals surface area contributed by atoms with Crippen molar-refractivity contribution < 1.29 is 19.7 Å². The number of nitrogens with zero attached hydrogens (tertiary/aromatic N) is 2. The number of benzene rings is 3. The second-order valence-corrected chi connectivity index (χ2v) is 9.50. The van der Waals surface area contributed by atoms with Crippen LogP contribution in [-0.2, 0) is 0 Å². The van der Waals surface area contributed by atoms with Crippen molar-refractivity contribution in [2.24, 2.45) is 0 Å². The molecule has 0 radical (unpaired) electrons. The van der Waals surface area contributed by atoms with E-state index in [9.17, 15) is 15.0 Å². The fourth-order valence-corrected chi connectivity index (χ4v) is 5.26. The van der Waals surface area contributed by atoms with Crippen LogP contribution in [0, 0.1) is 11.8 Å². The minimum Gasteiger partial charge on any atom is -0.504 e. The number of phenols is 2. The van der Waals surface area contributed by atoms with Crippen molar-refractivity contribution in [2.75, 3.05) is 38.6 Å². The number of phenolic OH excluding ortho intramolecular Hbond substituents is 2. The molecule has 3 aromatic carbocycles. The Morgan fingerprint density at radius 1 is 0.973 bits per heavy atom. The summed E-state index contributed by atoms with van der Waals surface area (Å²) in [5.41, 5.74) is 3.23. The van der Waals surface area contributed by atoms with Gasteiger partial charge in [0.1, 0.15) is 5.75 Å². The highest BCUT2D eigenvalue weighted by Gasteiger charge is 2.38. The lowest BCUT2D eigenvalue weighted by Gasteiger charge is -2.30. The molecule has 0 aliphatic carbocycles. The van der Waals surface area contributed by atoms with Crippen LogP contribution in [0.15, 0.2) is 66.7 Å². The Kier molecular flexibility index (Phi) is 7.20. The van der Waals surface area contributed by atoms with E-state index in [0.29, 0.717) is 18.0 Å². The van der Waals surface area contributed by atoms with Crippen molar-refractivity contribution >= 4 is 11.7 Å². The number of anilines is 1. The number of methoxy groups -OCH3 is 1. The minimum atomic E-state index is -0.202. The lowest BCUT2D eigenvalue weighted by Crippen LogP contribution is -2.43. The smallest absolute Gasteiger partial charge is 0.321 e. The van der Waals surface area contributed by atoms with Crippen LogP contribution < -0.4 is 10.1 Å². The van der Waals surface area contributed by atoms with Gasteiger partial charge in [0.25, 0.3) is 0 Å². The maximum atomic E-state index is 13.1. The molecule has 2 heterocycles. The van der Waals surface area contributed by atoms with Crippen LogP contribution in [0.1, 0.15) is 35.4 Å². The number of carbonyl (C=O) groups is 1. The number of para-hydroxylation sites is 1. The number of aromatic hydroxyl groups is 2. The number of hydrogen-bond donors (Lipinski definition) is 3. The molecule has 3 aromatic rings. The average molecular weight is 498 g/mol. The van der Waals surface area contributed by atoms with Crippen molar-refractivity contribution in [2.45, 2.75) is 24.8 Å². The molecule has 2 fully saturated rings. The van der Waals surface area contributed by atoms with Gasteiger partial charge in [-0.3, -0.25) is 4.90 Å². The second kappa shape index (κ2) is 10.9. The van der Waals surface area contributed by atoms with E-state index < -0.39 is 0 Å². The number of rotatable bonds is 3. The SMILES string of the molecule is COc1ccc(NC(=O)N2CCCN3CC[C@H](c4ccc(C#Cc5cccc(O)c5O)cc4)[C@@H]3C2)cc1. The first kappa shape index (κ1) is 24.5. The molecular weight excluding hydrogens is 466 g/mol. The molecule has 2 aliphatic rings. The van der Waals surface area contributed by atoms with Gasteiger partial charge in [-0.25, -0.2) is 4.79 Å². The highest BCUT2D eigenvalue weighted by molar-refractivity contribution is 5.89. The van der Waals surface area contributed by atoms with Gasteiger partial charge in [-0.05, 0) is 73.5 Å². The summed E-state index contributed by atoms with van der Waals surface area (Å²) in [4.78, 5) is 17.6. The third kappa shape index (κ3) is 5.50. The highest BCUT2D eigenvalue weighted by atomic mass is 16.5. The number of carbonyl (C=O) groups excluding carboxylic acids is 1. The van der Waals surface area contributed by atoms with Gasteiger partial charge < -0.3 is 25.2 Å². The van der Waals surface area contributed by atoms with E-state index in [0.717, 1.165) is 49.5 Å². The topological polar surface area (TPSA) is 85.3 Å². The van der Waals surface area contributed by atoms with Gasteiger partial charge in [0.05, 0.1) is 12.7 Å². The summed E-state index contributed by atoms with van der Waals surface area (Å²) in [6.07, 6.45) is 2.01. The highest BCUT2D eigenvalue weighted by Crippen LogP contribution is 2.35. The van der Waals surface area contributed by atoms with E-state index in [-0.39, 0.29) is 23.6 Å². The Bertz CT molecular complexity index is 1310. The van der Waals surface area contributed by atoms with E-state index in [1.54, 1.807) is 19.2 Å². The molecule has 0 unspecified atom stereocenters.